The van der Waals surface area contributed by atoms with Crippen molar-refractivity contribution >= 4 is 27.5 Å². The van der Waals surface area contributed by atoms with Gasteiger partial charge in [-0.3, -0.25) is 0 Å². The maximum atomic E-state index is 6.08. The minimum Gasteiger partial charge on any atom is -0.492 e. The summed E-state index contributed by atoms with van der Waals surface area (Å²) >= 11 is 9.41. The lowest BCUT2D eigenvalue weighted by Crippen LogP contribution is -2.30. The van der Waals surface area contributed by atoms with Crippen LogP contribution in [0.3, 0.4) is 0 Å². The molecule has 0 aliphatic carbocycles. The third-order valence-electron chi connectivity index (χ3n) is 2.70. The molecule has 4 heteroatoms. The van der Waals surface area contributed by atoms with Crippen molar-refractivity contribution in [2.75, 3.05) is 6.61 Å². The van der Waals surface area contributed by atoms with Gasteiger partial charge in [-0.05, 0) is 36.2 Å². The van der Waals surface area contributed by atoms with Crippen molar-refractivity contribution in [3.05, 3.63) is 63.6 Å². The van der Waals surface area contributed by atoms with E-state index in [0.29, 0.717) is 11.6 Å². The molecule has 100 valence electrons. The Balaban J connectivity index is 1.88. The average molecular weight is 341 g/mol. The first-order valence-electron chi connectivity index (χ1n) is 6.02. The molecule has 2 aromatic rings. The number of ether oxygens (including phenoxy) is 1. The number of nitrogens with two attached hydrogens (primary N) is 1. The van der Waals surface area contributed by atoms with Gasteiger partial charge in [0, 0.05) is 15.5 Å². The lowest BCUT2D eigenvalue weighted by molar-refractivity contribution is 0.287. The Hall–Kier alpha value is -1.03. The molecule has 0 saturated carbocycles. The van der Waals surface area contributed by atoms with Crippen molar-refractivity contribution in [1.29, 1.82) is 0 Å². The zero-order valence-electron chi connectivity index (χ0n) is 10.4. The molecule has 0 aromatic heterocycles. The second-order valence-electron chi connectivity index (χ2n) is 4.32. The third-order valence-corrected chi connectivity index (χ3v) is 3.71. The number of benzene rings is 2. The minimum absolute atomic E-state index is 0.0577. The molecule has 0 aliphatic rings. The summed E-state index contributed by atoms with van der Waals surface area (Å²) in [7, 11) is 0. The Morgan fingerprint density at radius 2 is 1.95 bits per heavy atom. The molecule has 0 fully saturated rings. The van der Waals surface area contributed by atoms with Crippen LogP contribution < -0.4 is 10.5 Å². The van der Waals surface area contributed by atoms with Crippen molar-refractivity contribution in [2.45, 2.75) is 12.5 Å². The Labute approximate surface area is 126 Å². The third kappa shape index (κ3) is 4.53. The Kier molecular flexibility index (Phi) is 5.25. The predicted molar refractivity (Wildman–Crippen MR) is 82.8 cm³/mol. The van der Waals surface area contributed by atoms with E-state index < -0.39 is 0 Å². The van der Waals surface area contributed by atoms with Gasteiger partial charge in [0.2, 0.25) is 0 Å². The van der Waals surface area contributed by atoms with E-state index in [4.69, 9.17) is 22.1 Å². The first-order chi connectivity index (χ1) is 9.15. The quantitative estimate of drug-likeness (QED) is 0.891. The predicted octanol–water partition coefficient (Wildman–Crippen LogP) is 4.05. The standard InChI is InChI=1S/C15H15BrClNO/c16-15-7-2-1-4-11(15)8-13(18)10-19-14-6-3-5-12(17)9-14/h1-7,9,13H,8,10,18H2. The molecule has 1 unspecified atom stereocenters. The van der Waals surface area contributed by atoms with Crippen LogP contribution in [0.25, 0.3) is 0 Å². The van der Waals surface area contributed by atoms with Crippen molar-refractivity contribution in [3.8, 4) is 5.75 Å². The molecule has 1 atom stereocenters. The Morgan fingerprint density at radius 3 is 2.68 bits per heavy atom. The minimum atomic E-state index is -0.0577. The van der Waals surface area contributed by atoms with Gasteiger partial charge >= 0.3 is 0 Å². The highest BCUT2D eigenvalue weighted by molar-refractivity contribution is 9.10. The van der Waals surface area contributed by atoms with E-state index in [-0.39, 0.29) is 6.04 Å². The molecular weight excluding hydrogens is 326 g/mol. The van der Waals surface area contributed by atoms with Crippen LogP contribution in [0.15, 0.2) is 53.0 Å². The molecule has 0 aliphatic heterocycles. The summed E-state index contributed by atoms with van der Waals surface area (Å²) in [6, 6.07) is 15.3. The van der Waals surface area contributed by atoms with Crippen molar-refractivity contribution < 1.29 is 4.74 Å². The fourth-order valence-electron chi connectivity index (χ4n) is 1.77. The maximum absolute atomic E-state index is 6.08. The van der Waals surface area contributed by atoms with Gasteiger partial charge in [-0.2, -0.15) is 0 Å². The first kappa shape index (κ1) is 14.4. The van der Waals surface area contributed by atoms with E-state index in [1.807, 2.05) is 36.4 Å². The van der Waals surface area contributed by atoms with Crippen molar-refractivity contribution in [3.63, 3.8) is 0 Å². The SMILES string of the molecule is NC(COc1cccc(Cl)c1)Cc1ccccc1Br. The van der Waals surface area contributed by atoms with Gasteiger partial charge in [0.15, 0.2) is 0 Å². The summed E-state index contributed by atoms with van der Waals surface area (Å²) in [5.41, 5.74) is 7.27. The summed E-state index contributed by atoms with van der Waals surface area (Å²) < 4.78 is 6.71. The number of hydrogen-bond acceptors (Lipinski definition) is 2. The van der Waals surface area contributed by atoms with Gasteiger partial charge in [0.05, 0.1) is 0 Å². The molecule has 0 heterocycles. The van der Waals surface area contributed by atoms with E-state index in [0.717, 1.165) is 16.6 Å². The molecule has 0 spiro atoms. The average Bonchev–Trinajstić information content (AvgIpc) is 2.39. The molecule has 2 rings (SSSR count). The summed E-state index contributed by atoms with van der Waals surface area (Å²) in [6.07, 6.45) is 0.766. The van der Waals surface area contributed by atoms with Crippen molar-refractivity contribution in [1.82, 2.24) is 0 Å². The normalized spacial score (nSPS) is 12.2. The molecule has 2 N–H and O–H groups in total. The van der Waals surface area contributed by atoms with E-state index >= 15 is 0 Å². The van der Waals surface area contributed by atoms with Crippen LogP contribution in [0.4, 0.5) is 0 Å². The van der Waals surface area contributed by atoms with E-state index in [2.05, 4.69) is 22.0 Å². The van der Waals surface area contributed by atoms with Crippen LogP contribution in [-0.4, -0.2) is 12.6 Å². The molecule has 19 heavy (non-hydrogen) atoms. The van der Waals surface area contributed by atoms with Gasteiger partial charge < -0.3 is 10.5 Å². The van der Waals surface area contributed by atoms with Gasteiger partial charge in [0.25, 0.3) is 0 Å². The molecular formula is C15H15BrClNO. The Morgan fingerprint density at radius 1 is 1.16 bits per heavy atom. The Bertz CT molecular complexity index is 547. The lowest BCUT2D eigenvalue weighted by atomic mass is 10.1. The monoisotopic (exact) mass is 339 g/mol. The topological polar surface area (TPSA) is 35.2 Å². The number of rotatable bonds is 5. The lowest BCUT2D eigenvalue weighted by Gasteiger charge is -2.14. The smallest absolute Gasteiger partial charge is 0.120 e. The second kappa shape index (κ2) is 6.94. The fourth-order valence-corrected chi connectivity index (χ4v) is 2.39. The van der Waals surface area contributed by atoms with Crippen LogP contribution >= 0.6 is 27.5 Å². The van der Waals surface area contributed by atoms with Gasteiger partial charge in [-0.15, -0.1) is 0 Å². The summed E-state index contributed by atoms with van der Waals surface area (Å²) in [6.45, 7) is 0.460. The zero-order chi connectivity index (χ0) is 13.7. The van der Waals surface area contributed by atoms with Crippen LogP contribution in [-0.2, 0) is 6.42 Å². The molecule has 0 amide bonds. The van der Waals surface area contributed by atoms with Gasteiger partial charge in [0.1, 0.15) is 12.4 Å². The van der Waals surface area contributed by atoms with Crippen LogP contribution in [0.5, 0.6) is 5.75 Å². The molecule has 0 saturated heterocycles. The molecule has 0 radical (unpaired) electrons. The van der Waals surface area contributed by atoms with E-state index in [1.54, 1.807) is 6.07 Å². The van der Waals surface area contributed by atoms with Gasteiger partial charge in [-0.25, -0.2) is 0 Å². The molecule has 2 aromatic carbocycles. The summed E-state index contributed by atoms with van der Waals surface area (Å²) in [5, 5.41) is 0.664. The fraction of sp³-hybridized carbons (Fsp3) is 0.200. The summed E-state index contributed by atoms with van der Waals surface area (Å²) in [5.74, 6) is 0.745. The number of halogens is 2. The summed E-state index contributed by atoms with van der Waals surface area (Å²) in [4.78, 5) is 0. The van der Waals surface area contributed by atoms with E-state index in [1.165, 1.54) is 5.56 Å². The van der Waals surface area contributed by atoms with Crippen LogP contribution in [0.1, 0.15) is 5.56 Å². The molecule has 0 bridgehead atoms. The second-order valence-corrected chi connectivity index (χ2v) is 5.61. The van der Waals surface area contributed by atoms with Crippen LogP contribution in [0.2, 0.25) is 5.02 Å². The highest BCUT2D eigenvalue weighted by Gasteiger charge is 2.07. The first-order valence-corrected chi connectivity index (χ1v) is 7.19. The maximum Gasteiger partial charge on any atom is 0.120 e. The highest BCUT2D eigenvalue weighted by Crippen LogP contribution is 2.19. The van der Waals surface area contributed by atoms with Gasteiger partial charge in [-0.1, -0.05) is 51.8 Å². The van der Waals surface area contributed by atoms with Crippen LogP contribution in [0, 0.1) is 0 Å². The highest BCUT2D eigenvalue weighted by atomic mass is 79.9. The number of hydrogen-bond donors (Lipinski definition) is 1. The largest absolute Gasteiger partial charge is 0.492 e. The molecule has 2 nitrogen and oxygen atoms in total. The zero-order valence-corrected chi connectivity index (χ0v) is 12.7. The van der Waals surface area contributed by atoms with Crippen molar-refractivity contribution in [2.24, 2.45) is 5.73 Å². The van der Waals surface area contributed by atoms with E-state index in [9.17, 15) is 0 Å².